The third-order valence-corrected chi connectivity index (χ3v) is 4.21. The van der Waals surface area contributed by atoms with Crippen molar-refractivity contribution in [3.63, 3.8) is 0 Å². The number of hydrogen-bond acceptors (Lipinski definition) is 2. The van der Waals surface area contributed by atoms with Crippen molar-refractivity contribution in [3.8, 4) is 0 Å². The number of hydrogen-bond donors (Lipinski definition) is 2. The molecule has 0 bridgehead atoms. The number of carboxylic acids is 2. The van der Waals surface area contributed by atoms with Gasteiger partial charge < -0.3 is 10.2 Å². The van der Waals surface area contributed by atoms with Crippen LogP contribution in [0.3, 0.4) is 0 Å². The zero-order valence-electron chi connectivity index (χ0n) is 11.6. The predicted molar refractivity (Wildman–Crippen MR) is 75.6 cm³/mol. The van der Waals surface area contributed by atoms with Gasteiger partial charge in [-0.2, -0.15) is 0 Å². The molecule has 0 saturated heterocycles. The van der Waals surface area contributed by atoms with Crippen molar-refractivity contribution in [1.29, 1.82) is 0 Å². The molecule has 106 valence electrons. The van der Waals surface area contributed by atoms with Gasteiger partial charge in [-0.3, -0.25) is 9.59 Å². The molecule has 0 fully saturated rings. The van der Waals surface area contributed by atoms with E-state index in [0.29, 0.717) is 5.56 Å². The molecule has 2 rings (SSSR count). The molecule has 1 aliphatic rings. The number of aliphatic carboxylic acids is 2. The lowest BCUT2D eigenvalue weighted by atomic mass is 9.65. The second-order valence-corrected chi connectivity index (χ2v) is 5.08. The minimum absolute atomic E-state index is 0.242. The van der Waals surface area contributed by atoms with Crippen molar-refractivity contribution >= 4 is 18.0 Å². The van der Waals surface area contributed by atoms with Gasteiger partial charge in [0.2, 0.25) is 0 Å². The maximum atomic E-state index is 11.7. The van der Waals surface area contributed by atoms with Gasteiger partial charge in [0.15, 0.2) is 0 Å². The number of benzene rings is 1. The Morgan fingerprint density at radius 2 is 1.95 bits per heavy atom. The minimum Gasteiger partial charge on any atom is -0.481 e. The molecule has 0 heterocycles. The van der Waals surface area contributed by atoms with Crippen molar-refractivity contribution in [1.82, 2.24) is 0 Å². The first-order valence-corrected chi connectivity index (χ1v) is 6.75. The van der Waals surface area contributed by atoms with Crippen molar-refractivity contribution in [2.75, 3.05) is 0 Å². The molecule has 20 heavy (non-hydrogen) atoms. The molecule has 2 atom stereocenters. The fourth-order valence-corrected chi connectivity index (χ4v) is 3.02. The molecular weight excluding hydrogens is 256 g/mol. The standard InChI is InChI=1S/C16H18O4/c1-3-10-6-5-7-12-11(10)8-9-16(4-2,15(19)20)13(12)14(17)18/h5-9,13H,3-4H2,1-2H3,(H,17,18)(H,19,20). The molecule has 0 aliphatic heterocycles. The summed E-state index contributed by atoms with van der Waals surface area (Å²) < 4.78 is 0. The number of rotatable bonds is 4. The van der Waals surface area contributed by atoms with E-state index < -0.39 is 23.3 Å². The highest BCUT2D eigenvalue weighted by molar-refractivity contribution is 5.92. The lowest BCUT2D eigenvalue weighted by Crippen LogP contribution is -2.41. The van der Waals surface area contributed by atoms with Crippen LogP contribution in [-0.2, 0) is 16.0 Å². The number of carbonyl (C=O) groups is 2. The van der Waals surface area contributed by atoms with Gasteiger partial charge in [-0.15, -0.1) is 0 Å². The van der Waals surface area contributed by atoms with Crippen molar-refractivity contribution in [2.24, 2.45) is 5.41 Å². The fraction of sp³-hybridized carbons (Fsp3) is 0.375. The molecule has 0 saturated carbocycles. The highest BCUT2D eigenvalue weighted by Gasteiger charge is 2.49. The van der Waals surface area contributed by atoms with Crippen LogP contribution in [0.15, 0.2) is 24.3 Å². The molecule has 1 aromatic rings. The zero-order chi connectivity index (χ0) is 14.9. The average molecular weight is 274 g/mol. The number of fused-ring (bicyclic) bond motifs is 1. The Balaban J connectivity index is 2.72. The maximum absolute atomic E-state index is 11.7. The summed E-state index contributed by atoms with van der Waals surface area (Å²) in [6.07, 6.45) is 4.35. The summed E-state index contributed by atoms with van der Waals surface area (Å²) in [5.74, 6) is -3.22. The quantitative estimate of drug-likeness (QED) is 0.885. The molecule has 2 unspecified atom stereocenters. The first-order chi connectivity index (χ1) is 9.47. The van der Waals surface area contributed by atoms with Crippen molar-refractivity contribution in [2.45, 2.75) is 32.6 Å². The molecule has 0 aromatic heterocycles. The monoisotopic (exact) mass is 274 g/mol. The Labute approximate surface area is 117 Å². The summed E-state index contributed by atoms with van der Waals surface area (Å²) in [4.78, 5) is 23.4. The predicted octanol–water partition coefficient (Wildman–Crippen LogP) is 2.92. The van der Waals surface area contributed by atoms with Gasteiger partial charge >= 0.3 is 11.9 Å². The first kappa shape index (κ1) is 14.3. The summed E-state index contributed by atoms with van der Waals surface area (Å²) in [5.41, 5.74) is 1.13. The van der Waals surface area contributed by atoms with Gasteiger partial charge in [0, 0.05) is 0 Å². The SMILES string of the molecule is CCc1cccc2c1C=CC(CC)(C(=O)O)C2C(=O)O. The summed E-state index contributed by atoms with van der Waals surface area (Å²) in [5, 5.41) is 19.1. The molecule has 4 heteroatoms. The summed E-state index contributed by atoms with van der Waals surface area (Å²) in [7, 11) is 0. The van der Waals surface area contributed by atoms with Crippen LogP contribution < -0.4 is 0 Å². The highest BCUT2D eigenvalue weighted by atomic mass is 16.4. The highest BCUT2D eigenvalue weighted by Crippen LogP contribution is 2.46. The molecule has 1 aliphatic carbocycles. The Hall–Kier alpha value is -2.10. The number of carboxylic acid groups (broad SMARTS) is 2. The average Bonchev–Trinajstić information content (AvgIpc) is 2.44. The van der Waals surface area contributed by atoms with E-state index in [4.69, 9.17) is 0 Å². The van der Waals surface area contributed by atoms with Gasteiger partial charge in [0.25, 0.3) is 0 Å². The molecule has 4 nitrogen and oxygen atoms in total. The van der Waals surface area contributed by atoms with Gasteiger partial charge in [-0.1, -0.05) is 44.2 Å². The maximum Gasteiger partial charge on any atom is 0.314 e. The van der Waals surface area contributed by atoms with Crippen LogP contribution in [-0.4, -0.2) is 22.2 Å². The minimum atomic E-state index is -1.37. The van der Waals surface area contributed by atoms with Crippen LogP contribution in [0.1, 0.15) is 42.9 Å². The molecule has 0 radical (unpaired) electrons. The summed E-state index contributed by atoms with van der Waals surface area (Å²) >= 11 is 0. The Kier molecular flexibility index (Phi) is 3.66. The number of aryl methyl sites for hydroxylation is 1. The van der Waals surface area contributed by atoms with Crippen LogP contribution in [0.2, 0.25) is 0 Å². The van der Waals surface area contributed by atoms with E-state index in [1.165, 1.54) is 0 Å². The van der Waals surface area contributed by atoms with E-state index in [2.05, 4.69) is 0 Å². The lowest BCUT2D eigenvalue weighted by molar-refractivity contribution is -0.155. The van der Waals surface area contributed by atoms with Crippen LogP contribution in [0.4, 0.5) is 0 Å². The Morgan fingerprint density at radius 3 is 2.45 bits per heavy atom. The third-order valence-electron chi connectivity index (χ3n) is 4.21. The van der Waals surface area contributed by atoms with E-state index in [1.54, 1.807) is 31.2 Å². The van der Waals surface area contributed by atoms with Crippen LogP contribution in [0.5, 0.6) is 0 Å². The molecular formula is C16H18O4. The fourth-order valence-electron chi connectivity index (χ4n) is 3.02. The van der Waals surface area contributed by atoms with Gasteiger partial charge in [0.1, 0.15) is 11.3 Å². The molecule has 1 aromatic carbocycles. The molecule has 0 spiro atoms. The second kappa shape index (κ2) is 5.12. The van der Waals surface area contributed by atoms with Crippen molar-refractivity contribution in [3.05, 3.63) is 41.0 Å². The molecule has 2 N–H and O–H groups in total. The van der Waals surface area contributed by atoms with E-state index in [-0.39, 0.29) is 6.42 Å². The third kappa shape index (κ3) is 1.92. The largest absolute Gasteiger partial charge is 0.481 e. The van der Waals surface area contributed by atoms with E-state index >= 15 is 0 Å². The van der Waals surface area contributed by atoms with Crippen LogP contribution in [0.25, 0.3) is 6.08 Å². The summed E-state index contributed by atoms with van der Waals surface area (Å²) in [6, 6.07) is 5.47. The summed E-state index contributed by atoms with van der Waals surface area (Å²) in [6.45, 7) is 3.71. The Morgan fingerprint density at radius 1 is 1.25 bits per heavy atom. The second-order valence-electron chi connectivity index (χ2n) is 5.08. The van der Waals surface area contributed by atoms with Gasteiger partial charge in [-0.05, 0) is 29.5 Å². The van der Waals surface area contributed by atoms with E-state index in [1.807, 2.05) is 13.0 Å². The Bertz CT molecular complexity index is 588. The normalized spacial score (nSPS) is 24.2. The van der Waals surface area contributed by atoms with Gasteiger partial charge in [-0.25, -0.2) is 0 Å². The lowest BCUT2D eigenvalue weighted by Gasteiger charge is -2.35. The van der Waals surface area contributed by atoms with E-state index in [0.717, 1.165) is 17.5 Å². The van der Waals surface area contributed by atoms with Crippen molar-refractivity contribution < 1.29 is 19.8 Å². The topological polar surface area (TPSA) is 74.6 Å². The van der Waals surface area contributed by atoms with Crippen LogP contribution in [0, 0.1) is 5.41 Å². The first-order valence-electron chi connectivity index (χ1n) is 6.75. The van der Waals surface area contributed by atoms with Crippen LogP contribution >= 0.6 is 0 Å². The smallest absolute Gasteiger partial charge is 0.314 e. The van der Waals surface area contributed by atoms with Gasteiger partial charge in [0.05, 0.1) is 0 Å². The van der Waals surface area contributed by atoms with E-state index in [9.17, 15) is 19.8 Å². The molecule has 0 amide bonds. The zero-order valence-corrected chi connectivity index (χ0v) is 11.6.